The third kappa shape index (κ3) is 4.11. The number of carbonyl (C=O) groups is 3. The number of anilines is 1. The van der Waals surface area contributed by atoms with Crippen LogP contribution in [0.2, 0.25) is 0 Å². The second-order valence-corrected chi connectivity index (χ2v) is 12.6. The van der Waals surface area contributed by atoms with E-state index in [1.54, 1.807) is 34.6 Å². The van der Waals surface area contributed by atoms with Crippen molar-refractivity contribution in [3.05, 3.63) is 42.0 Å². The molecule has 0 saturated carbocycles. The fourth-order valence-corrected chi connectivity index (χ4v) is 9.84. The molecular weight excluding hydrogens is 544 g/mol. The van der Waals surface area contributed by atoms with E-state index in [4.69, 9.17) is 4.74 Å². The number of benzene rings is 1. The average Bonchev–Trinajstić information content (AvgIpc) is 3.44. The van der Waals surface area contributed by atoms with Gasteiger partial charge in [-0.3, -0.25) is 14.4 Å². The van der Waals surface area contributed by atoms with E-state index < -0.39 is 28.7 Å². The van der Waals surface area contributed by atoms with Crippen molar-refractivity contribution < 1.29 is 24.2 Å². The Hall–Kier alpha value is -1.84. The summed E-state index contributed by atoms with van der Waals surface area (Å²) in [4.78, 5) is 45.1. The van der Waals surface area contributed by atoms with E-state index in [1.807, 2.05) is 39.0 Å². The van der Waals surface area contributed by atoms with E-state index in [0.717, 1.165) is 16.8 Å². The van der Waals surface area contributed by atoms with Crippen molar-refractivity contribution in [2.45, 2.75) is 67.4 Å². The highest BCUT2D eigenvalue weighted by atomic mass is 79.9. The number of hydrogen-bond donors (Lipinski definition) is 1. The summed E-state index contributed by atoms with van der Waals surface area (Å²) in [6.45, 7) is 11.7. The van der Waals surface area contributed by atoms with Gasteiger partial charge in [0.2, 0.25) is 5.91 Å². The molecule has 9 heteroatoms. The zero-order valence-electron chi connectivity index (χ0n) is 21.3. The van der Waals surface area contributed by atoms with Gasteiger partial charge in [-0.2, -0.15) is 0 Å². The lowest BCUT2D eigenvalue weighted by Gasteiger charge is -2.40. The number of aryl methyl sites for hydroxylation is 2. The smallest absolute Gasteiger partial charge is 0.310 e. The summed E-state index contributed by atoms with van der Waals surface area (Å²) in [5, 5.41) is 10.1. The van der Waals surface area contributed by atoms with Gasteiger partial charge in [-0.05, 0) is 50.8 Å². The lowest BCUT2D eigenvalue weighted by atomic mass is 9.71. The molecule has 3 aliphatic rings. The van der Waals surface area contributed by atoms with Crippen molar-refractivity contribution in [2.24, 2.45) is 11.8 Å². The molecule has 1 aromatic carbocycles. The maximum Gasteiger partial charge on any atom is 0.310 e. The van der Waals surface area contributed by atoms with Crippen LogP contribution in [0, 0.1) is 25.7 Å². The van der Waals surface area contributed by atoms with E-state index >= 15 is 0 Å². The molecule has 36 heavy (non-hydrogen) atoms. The summed E-state index contributed by atoms with van der Waals surface area (Å²) in [5.41, 5.74) is 2.74. The molecule has 3 aliphatic heterocycles. The molecule has 2 amide bonds. The Kier molecular flexibility index (Phi) is 7.93. The summed E-state index contributed by atoms with van der Waals surface area (Å²) in [5.74, 6) is -2.13. The van der Waals surface area contributed by atoms with Gasteiger partial charge >= 0.3 is 5.97 Å². The van der Waals surface area contributed by atoms with E-state index in [1.165, 1.54) is 0 Å². The maximum absolute atomic E-state index is 14.6. The molecule has 3 heterocycles. The molecule has 3 saturated heterocycles. The van der Waals surface area contributed by atoms with E-state index in [2.05, 4.69) is 22.5 Å². The number of amides is 2. The lowest BCUT2D eigenvalue weighted by molar-refractivity contribution is -0.154. The highest BCUT2D eigenvalue weighted by Gasteiger charge is 2.76. The number of aliphatic hydroxyl groups is 1. The number of likely N-dealkylation sites (tertiary alicyclic amines) is 1. The fraction of sp³-hybridized carbons (Fsp3) is 0.593. The van der Waals surface area contributed by atoms with Gasteiger partial charge < -0.3 is 19.6 Å². The number of carbonyl (C=O) groups excluding carboxylic acids is 3. The Labute approximate surface area is 225 Å². The number of nitrogens with zero attached hydrogens (tertiary/aromatic N) is 2. The van der Waals surface area contributed by atoms with Crippen LogP contribution in [0.4, 0.5) is 5.69 Å². The van der Waals surface area contributed by atoms with Crippen LogP contribution in [-0.2, 0) is 19.1 Å². The third-order valence-electron chi connectivity index (χ3n) is 7.83. The summed E-state index contributed by atoms with van der Waals surface area (Å²) < 4.78 is 4.62. The highest BCUT2D eigenvalue weighted by Crippen LogP contribution is 2.68. The molecule has 7 atom stereocenters. The monoisotopic (exact) mass is 578 g/mol. The molecular formula is C27H35BrN2O5S. The van der Waals surface area contributed by atoms with Crippen molar-refractivity contribution in [1.82, 2.24) is 4.90 Å². The third-order valence-corrected chi connectivity index (χ3v) is 11.0. The van der Waals surface area contributed by atoms with Gasteiger partial charge in [0.1, 0.15) is 6.04 Å². The molecule has 1 spiro atoms. The Morgan fingerprint density at radius 1 is 1.39 bits per heavy atom. The second kappa shape index (κ2) is 10.5. The predicted molar refractivity (Wildman–Crippen MR) is 145 cm³/mol. The number of ether oxygens (including phenoxy) is 1. The van der Waals surface area contributed by atoms with Crippen LogP contribution in [0.3, 0.4) is 0 Å². The molecule has 1 N–H and O–H groups in total. The van der Waals surface area contributed by atoms with E-state index in [0.29, 0.717) is 12.8 Å². The highest BCUT2D eigenvalue weighted by molar-refractivity contribution is 9.09. The number of thioether (sulfide) groups is 1. The first-order valence-corrected chi connectivity index (χ1v) is 14.4. The van der Waals surface area contributed by atoms with Gasteiger partial charge in [0.25, 0.3) is 5.91 Å². The van der Waals surface area contributed by atoms with Crippen LogP contribution < -0.4 is 4.90 Å². The Morgan fingerprint density at radius 3 is 2.72 bits per heavy atom. The average molecular weight is 580 g/mol. The maximum atomic E-state index is 14.6. The summed E-state index contributed by atoms with van der Waals surface area (Å²) >= 11 is 5.33. The Balaban J connectivity index is 1.86. The fourth-order valence-electron chi connectivity index (χ4n) is 6.26. The van der Waals surface area contributed by atoms with Crippen LogP contribution in [0.25, 0.3) is 0 Å². The predicted octanol–water partition coefficient (Wildman–Crippen LogP) is 3.62. The minimum absolute atomic E-state index is 0.0287. The van der Waals surface area contributed by atoms with Crippen LogP contribution >= 0.6 is 27.7 Å². The van der Waals surface area contributed by atoms with Crippen LogP contribution in [0.5, 0.6) is 0 Å². The first-order valence-electron chi connectivity index (χ1n) is 12.6. The van der Waals surface area contributed by atoms with Gasteiger partial charge in [-0.1, -0.05) is 41.1 Å². The second-order valence-electron chi connectivity index (χ2n) is 9.93. The molecule has 7 nitrogen and oxygen atoms in total. The normalized spacial score (nSPS) is 31.3. The van der Waals surface area contributed by atoms with Crippen LogP contribution in [0.15, 0.2) is 30.9 Å². The van der Waals surface area contributed by atoms with E-state index in [9.17, 15) is 19.5 Å². The first kappa shape index (κ1) is 27.2. The van der Waals surface area contributed by atoms with Gasteiger partial charge in [0.15, 0.2) is 0 Å². The molecule has 4 rings (SSSR count). The zero-order valence-corrected chi connectivity index (χ0v) is 23.7. The van der Waals surface area contributed by atoms with E-state index in [-0.39, 0.29) is 47.6 Å². The van der Waals surface area contributed by atoms with Crippen molar-refractivity contribution in [2.75, 3.05) is 24.7 Å². The molecule has 0 aromatic heterocycles. The molecule has 3 unspecified atom stereocenters. The molecule has 3 fully saturated rings. The van der Waals surface area contributed by atoms with Crippen molar-refractivity contribution in [3.8, 4) is 0 Å². The first-order chi connectivity index (χ1) is 17.2. The topological polar surface area (TPSA) is 87.2 Å². The lowest BCUT2D eigenvalue weighted by Crippen LogP contribution is -2.58. The largest absolute Gasteiger partial charge is 0.466 e. The quantitative estimate of drug-likeness (QED) is 0.273. The van der Waals surface area contributed by atoms with Crippen molar-refractivity contribution in [3.63, 3.8) is 0 Å². The number of esters is 1. The summed E-state index contributed by atoms with van der Waals surface area (Å²) in [7, 11) is 0. The summed E-state index contributed by atoms with van der Waals surface area (Å²) in [6.07, 6.45) is 2.76. The SMILES string of the molecule is C=CCN(C(=O)C1N([C@@H](CC)CO)C(=O)[C@@H]2[C@@H](C(=O)OCC)[C@@H]3SC12CC3Br)c1cc(C)ccc1C. The van der Waals surface area contributed by atoms with Crippen molar-refractivity contribution in [1.29, 1.82) is 0 Å². The molecule has 196 valence electrons. The summed E-state index contributed by atoms with van der Waals surface area (Å²) in [6, 6.07) is 4.62. The number of rotatable bonds is 9. The number of hydrogen-bond acceptors (Lipinski definition) is 6. The zero-order chi connectivity index (χ0) is 26.4. The van der Waals surface area contributed by atoms with Crippen molar-refractivity contribution >= 4 is 51.2 Å². The van der Waals surface area contributed by atoms with Gasteiger partial charge in [0, 0.05) is 22.3 Å². The van der Waals surface area contributed by atoms with Gasteiger partial charge in [-0.25, -0.2) is 0 Å². The molecule has 1 aromatic rings. The van der Waals surface area contributed by atoms with Gasteiger partial charge in [-0.15, -0.1) is 18.3 Å². The molecule has 2 bridgehead atoms. The number of alkyl halides is 1. The Morgan fingerprint density at radius 2 is 2.11 bits per heavy atom. The minimum atomic E-state index is -0.818. The van der Waals surface area contributed by atoms with Crippen LogP contribution in [0.1, 0.15) is 37.8 Å². The minimum Gasteiger partial charge on any atom is -0.466 e. The molecule has 0 aliphatic carbocycles. The van der Waals surface area contributed by atoms with Crippen LogP contribution in [-0.4, -0.2) is 74.5 Å². The number of aliphatic hydroxyl groups excluding tert-OH is 1. The number of fused-ring (bicyclic) bond motifs is 1. The Bertz CT molecular complexity index is 1060. The standard InChI is InChI=1S/C27H35BrN2O5S/c1-6-11-29(19-12-15(4)9-10-16(19)5)25(33)23-27-13-18(28)22(36-27)20(26(34)35-8-3)21(27)24(32)30(23)17(7-2)14-31/h6,9-10,12,17-18,20-23,31H,1,7-8,11,13-14H2,2-5H3/t17-,18?,20+,21-,22+,23?,27?/m0/s1. The number of halogens is 1. The molecule has 0 radical (unpaired) electrons. The van der Waals surface area contributed by atoms with Gasteiger partial charge in [0.05, 0.1) is 35.8 Å².